The zero-order valence-electron chi connectivity index (χ0n) is 9.36. The van der Waals surface area contributed by atoms with E-state index in [9.17, 15) is 9.90 Å². The maximum Gasteiger partial charge on any atom is 0.331 e. The molecule has 1 aromatic heterocycles. The fraction of sp³-hybridized carbons (Fsp3) is 0.0833. The van der Waals surface area contributed by atoms with Crippen molar-refractivity contribution in [2.75, 3.05) is 5.32 Å². The average Bonchev–Trinajstić information content (AvgIpc) is 2.66. The standard InChI is InChI=1S/C12H8Br2ClNO2S/c13-6-2-1-3-7(4-6)16-10(12(17)18)9-5-8(14)11(15)19-9/h1-5,10,16H,(H,17,18). The third-order valence-electron chi connectivity index (χ3n) is 2.33. The number of carboxylic acid groups (broad SMARTS) is 1. The van der Waals surface area contributed by atoms with Gasteiger partial charge in [0.25, 0.3) is 0 Å². The second kappa shape index (κ2) is 6.26. The number of hydrogen-bond acceptors (Lipinski definition) is 3. The van der Waals surface area contributed by atoms with Crippen LogP contribution < -0.4 is 5.32 Å². The first-order valence-electron chi connectivity index (χ1n) is 5.17. The molecule has 0 bridgehead atoms. The number of benzene rings is 1. The summed E-state index contributed by atoms with van der Waals surface area (Å²) in [5.74, 6) is -0.953. The lowest BCUT2D eigenvalue weighted by atomic mass is 10.2. The Bertz CT molecular complexity index is 598. The second-order valence-electron chi connectivity index (χ2n) is 3.70. The van der Waals surface area contributed by atoms with Gasteiger partial charge in [-0.25, -0.2) is 4.79 Å². The summed E-state index contributed by atoms with van der Waals surface area (Å²) < 4.78 is 2.13. The lowest BCUT2D eigenvalue weighted by Crippen LogP contribution is -2.19. The van der Waals surface area contributed by atoms with E-state index in [1.165, 1.54) is 11.3 Å². The first kappa shape index (κ1) is 14.8. The van der Waals surface area contributed by atoms with Crippen LogP contribution in [0.3, 0.4) is 0 Å². The van der Waals surface area contributed by atoms with Gasteiger partial charge in [-0.3, -0.25) is 0 Å². The van der Waals surface area contributed by atoms with E-state index in [0.717, 1.165) is 10.2 Å². The first-order valence-corrected chi connectivity index (χ1v) is 7.95. The van der Waals surface area contributed by atoms with E-state index in [1.807, 2.05) is 24.3 Å². The molecule has 2 N–H and O–H groups in total. The van der Waals surface area contributed by atoms with Crippen molar-refractivity contribution in [3.8, 4) is 0 Å². The zero-order chi connectivity index (χ0) is 14.0. The van der Waals surface area contributed by atoms with Gasteiger partial charge in [-0.1, -0.05) is 33.6 Å². The predicted molar refractivity (Wildman–Crippen MR) is 85.2 cm³/mol. The molecule has 1 heterocycles. The molecule has 0 aliphatic rings. The van der Waals surface area contributed by atoms with Crippen molar-refractivity contribution in [3.05, 3.63) is 48.5 Å². The molecular formula is C12H8Br2ClNO2S. The van der Waals surface area contributed by atoms with E-state index in [1.54, 1.807) is 6.07 Å². The number of carbonyl (C=O) groups is 1. The van der Waals surface area contributed by atoms with Crippen molar-refractivity contribution in [3.63, 3.8) is 0 Å². The predicted octanol–water partition coefficient (Wildman–Crippen LogP) is 5.16. The summed E-state index contributed by atoms with van der Waals surface area (Å²) in [4.78, 5) is 12.0. The van der Waals surface area contributed by atoms with Gasteiger partial charge in [0.1, 0.15) is 4.34 Å². The van der Waals surface area contributed by atoms with Gasteiger partial charge >= 0.3 is 5.97 Å². The maximum atomic E-state index is 11.4. The molecule has 1 aromatic carbocycles. The summed E-state index contributed by atoms with van der Waals surface area (Å²) in [5, 5.41) is 12.3. The highest BCUT2D eigenvalue weighted by atomic mass is 79.9. The Kier molecular flexibility index (Phi) is 4.89. The molecule has 0 spiro atoms. The quantitative estimate of drug-likeness (QED) is 0.711. The molecule has 7 heteroatoms. The zero-order valence-corrected chi connectivity index (χ0v) is 14.1. The minimum atomic E-state index is -0.953. The molecular weight excluding hydrogens is 417 g/mol. The minimum absolute atomic E-state index is 0.539. The van der Waals surface area contributed by atoms with Crippen LogP contribution in [0.2, 0.25) is 4.34 Å². The number of thiophene rings is 1. The van der Waals surface area contributed by atoms with E-state index >= 15 is 0 Å². The van der Waals surface area contributed by atoms with Crippen molar-refractivity contribution in [1.29, 1.82) is 0 Å². The molecule has 0 aliphatic heterocycles. The number of halogens is 3. The van der Waals surface area contributed by atoms with Crippen molar-refractivity contribution >= 4 is 66.5 Å². The lowest BCUT2D eigenvalue weighted by molar-refractivity contribution is -0.138. The van der Waals surface area contributed by atoms with Crippen LogP contribution in [0.4, 0.5) is 5.69 Å². The third kappa shape index (κ3) is 3.72. The highest BCUT2D eigenvalue weighted by Gasteiger charge is 2.23. The lowest BCUT2D eigenvalue weighted by Gasteiger charge is -2.14. The fourth-order valence-electron chi connectivity index (χ4n) is 1.51. The van der Waals surface area contributed by atoms with E-state index in [0.29, 0.717) is 13.7 Å². The van der Waals surface area contributed by atoms with Gasteiger partial charge in [-0.15, -0.1) is 11.3 Å². The number of rotatable bonds is 4. The summed E-state index contributed by atoms with van der Waals surface area (Å²) in [6.45, 7) is 0. The SMILES string of the molecule is O=C(O)C(Nc1cccc(Br)c1)c1cc(Br)c(Cl)s1. The molecule has 100 valence electrons. The highest BCUT2D eigenvalue weighted by molar-refractivity contribution is 9.10. The Labute approximate surface area is 135 Å². The molecule has 1 atom stereocenters. The van der Waals surface area contributed by atoms with Crippen LogP contribution in [0.1, 0.15) is 10.9 Å². The Morgan fingerprint density at radius 1 is 1.37 bits per heavy atom. The summed E-state index contributed by atoms with van der Waals surface area (Å²) in [6, 6.07) is 8.23. The van der Waals surface area contributed by atoms with Crippen molar-refractivity contribution in [2.45, 2.75) is 6.04 Å². The molecule has 19 heavy (non-hydrogen) atoms. The number of nitrogens with one attached hydrogen (secondary N) is 1. The van der Waals surface area contributed by atoms with Gasteiger partial charge < -0.3 is 10.4 Å². The van der Waals surface area contributed by atoms with E-state index in [2.05, 4.69) is 37.2 Å². The molecule has 2 rings (SSSR count). The maximum absolute atomic E-state index is 11.4. The van der Waals surface area contributed by atoms with Gasteiger partial charge in [0.15, 0.2) is 6.04 Å². The number of anilines is 1. The van der Waals surface area contributed by atoms with Crippen molar-refractivity contribution in [1.82, 2.24) is 0 Å². The molecule has 0 fully saturated rings. The van der Waals surface area contributed by atoms with Crippen molar-refractivity contribution in [2.24, 2.45) is 0 Å². The van der Waals surface area contributed by atoms with Crippen LogP contribution in [-0.4, -0.2) is 11.1 Å². The van der Waals surface area contributed by atoms with Crippen LogP contribution >= 0.6 is 54.8 Å². The molecule has 0 saturated carbocycles. The fourth-order valence-corrected chi connectivity index (χ4v) is 3.68. The second-order valence-corrected chi connectivity index (χ2v) is 7.15. The van der Waals surface area contributed by atoms with Gasteiger partial charge in [-0.2, -0.15) is 0 Å². The van der Waals surface area contributed by atoms with Gasteiger partial charge in [0.2, 0.25) is 0 Å². The van der Waals surface area contributed by atoms with Gasteiger partial charge in [-0.05, 0) is 40.2 Å². The van der Waals surface area contributed by atoms with Crippen LogP contribution in [0.5, 0.6) is 0 Å². The van der Waals surface area contributed by atoms with Crippen LogP contribution in [0, 0.1) is 0 Å². The molecule has 0 radical (unpaired) electrons. The van der Waals surface area contributed by atoms with Crippen molar-refractivity contribution < 1.29 is 9.90 Å². The Balaban J connectivity index is 2.29. The van der Waals surface area contributed by atoms with Crippen LogP contribution in [-0.2, 0) is 4.79 Å². The topological polar surface area (TPSA) is 49.3 Å². The van der Waals surface area contributed by atoms with Crippen LogP contribution in [0.15, 0.2) is 39.3 Å². The average molecular weight is 426 g/mol. The molecule has 3 nitrogen and oxygen atoms in total. The Morgan fingerprint density at radius 2 is 2.11 bits per heavy atom. The number of aliphatic carboxylic acids is 1. The number of hydrogen-bond donors (Lipinski definition) is 2. The third-order valence-corrected chi connectivity index (χ3v) is 5.36. The highest BCUT2D eigenvalue weighted by Crippen LogP contribution is 2.36. The summed E-state index contributed by atoms with van der Waals surface area (Å²) >= 11 is 13.8. The van der Waals surface area contributed by atoms with Gasteiger partial charge in [0, 0.05) is 19.5 Å². The molecule has 0 aliphatic carbocycles. The van der Waals surface area contributed by atoms with E-state index in [-0.39, 0.29) is 0 Å². The molecule has 0 amide bonds. The largest absolute Gasteiger partial charge is 0.479 e. The first-order chi connectivity index (χ1) is 8.97. The summed E-state index contributed by atoms with van der Waals surface area (Å²) in [7, 11) is 0. The minimum Gasteiger partial charge on any atom is -0.479 e. The van der Waals surface area contributed by atoms with E-state index in [4.69, 9.17) is 11.6 Å². The monoisotopic (exact) mass is 423 g/mol. The molecule has 2 aromatic rings. The smallest absolute Gasteiger partial charge is 0.331 e. The van der Waals surface area contributed by atoms with Gasteiger partial charge in [0.05, 0.1) is 0 Å². The molecule has 0 saturated heterocycles. The summed E-state index contributed by atoms with van der Waals surface area (Å²) in [5.41, 5.74) is 0.724. The summed E-state index contributed by atoms with van der Waals surface area (Å²) in [6.07, 6.45) is 0. The van der Waals surface area contributed by atoms with E-state index < -0.39 is 12.0 Å². The Hall–Kier alpha value is -0.560. The normalized spacial score (nSPS) is 12.2. The Morgan fingerprint density at radius 3 is 2.63 bits per heavy atom. The number of carboxylic acids is 1. The molecule has 1 unspecified atom stereocenters. The van der Waals surface area contributed by atoms with Crippen LogP contribution in [0.25, 0.3) is 0 Å².